The zero-order chi connectivity index (χ0) is 13.5. The maximum atomic E-state index is 5.64. The van der Waals surface area contributed by atoms with Gasteiger partial charge in [0.2, 0.25) is 0 Å². The summed E-state index contributed by atoms with van der Waals surface area (Å²) in [6, 6.07) is 11.5. The third kappa shape index (κ3) is 3.93. The lowest BCUT2D eigenvalue weighted by Gasteiger charge is -2.11. The Bertz CT molecular complexity index is 545. The summed E-state index contributed by atoms with van der Waals surface area (Å²) in [7, 11) is 0. The fourth-order valence-corrected chi connectivity index (χ4v) is 1.80. The zero-order valence-electron chi connectivity index (χ0n) is 10.4. The lowest BCUT2D eigenvalue weighted by atomic mass is 10.2. The fraction of sp³-hybridized carbons (Fsp3) is 0.143. The quantitative estimate of drug-likeness (QED) is 0.624. The Hall–Kier alpha value is -2.14. The van der Waals surface area contributed by atoms with Crippen LogP contribution in [0.25, 0.3) is 0 Å². The lowest BCUT2D eigenvalue weighted by Crippen LogP contribution is -2.16. The molecule has 0 spiro atoms. The van der Waals surface area contributed by atoms with E-state index in [1.165, 1.54) is 0 Å². The van der Waals surface area contributed by atoms with Crippen molar-refractivity contribution >= 4 is 22.9 Å². The lowest BCUT2D eigenvalue weighted by molar-refractivity contribution is 0.333. The van der Waals surface area contributed by atoms with Crippen LogP contribution in [0.4, 0.5) is 5.69 Å². The first-order valence-electron chi connectivity index (χ1n) is 5.93. The average Bonchev–Trinajstić information content (AvgIpc) is 2.45. The number of pyridine rings is 1. The van der Waals surface area contributed by atoms with E-state index in [2.05, 4.69) is 10.3 Å². The largest absolute Gasteiger partial charge is 0.492 e. The van der Waals surface area contributed by atoms with E-state index in [0.29, 0.717) is 18.1 Å². The molecule has 1 aromatic carbocycles. The van der Waals surface area contributed by atoms with E-state index in [1.54, 1.807) is 18.5 Å². The monoisotopic (exact) mass is 273 g/mol. The molecule has 0 amide bonds. The second-order valence-electron chi connectivity index (χ2n) is 3.87. The van der Waals surface area contributed by atoms with Crippen LogP contribution in [0, 0.1) is 0 Å². The van der Waals surface area contributed by atoms with Gasteiger partial charge in [-0.2, -0.15) is 0 Å². The Labute approximate surface area is 117 Å². The fourth-order valence-electron chi connectivity index (χ4n) is 1.62. The maximum Gasteiger partial charge on any atom is 0.119 e. The van der Waals surface area contributed by atoms with Gasteiger partial charge in [-0.05, 0) is 18.2 Å². The predicted molar refractivity (Wildman–Crippen MR) is 80.6 cm³/mol. The SMILES string of the molecule is NC(=S)c1ccncc1NCCOc1ccccc1. The highest BCUT2D eigenvalue weighted by molar-refractivity contribution is 7.80. The summed E-state index contributed by atoms with van der Waals surface area (Å²) in [5.41, 5.74) is 7.26. The minimum absolute atomic E-state index is 0.355. The summed E-state index contributed by atoms with van der Waals surface area (Å²) in [5.74, 6) is 0.852. The van der Waals surface area contributed by atoms with E-state index in [0.717, 1.165) is 17.0 Å². The van der Waals surface area contributed by atoms with Gasteiger partial charge in [-0.25, -0.2) is 0 Å². The highest BCUT2D eigenvalue weighted by Gasteiger charge is 2.03. The number of benzene rings is 1. The van der Waals surface area contributed by atoms with E-state index in [-0.39, 0.29) is 0 Å². The molecule has 5 heteroatoms. The Morgan fingerprint density at radius 1 is 1.26 bits per heavy atom. The molecule has 3 N–H and O–H groups in total. The highest BCUT2D eigenvalue weighted by atomic mass is 32.1. The minimum atomic E-state index is 0.355. The number of rotatable bonds is 6. The van der Waals surface area contributed by atoms with Crippen molar-refractivity contribution in [1.29, 1.82) is 0 Å². The number of aromatic nitrogens is 1. The number of nitrogens with two attached hydrogens (primary N) is 1. The first-order chi connectivity index (χ1) is 9.27. The van der Waals surface area contributed by atoms with Gasteiger partial charge in [0.25, 0.3) is 0 Å². The van der Waals surface area contributed by atoms with Crippen LogP contribution in [0.3, 0.4) is 0 Å². The van der Waals surface area contributed by atoms with Crippen molar-refractivity contribution in [1.82, 2.24) is 4.98 Å². The van der Waals surface area contributed by atoms with E-state index in [1.807, 2.05) is 30.3 Å². The minimum Gasteiger partial charge on any atom is -0.492 e. The molecule has 0 aliphatic carbocycles. The molecule has 0 saturated carbocycles. The zero-order valence-corrected chi connectivity index (χ0v) is 11.2. The van der Waals surface area contributed by atoms with Gasteiger partial charge in [-0.15, -0.1) is 0 Å². The van der Waals surface area contributed by atoms with Crippen molar-refractivity contribution < 1.29 is 4.74 Å². The van der Waals surface area contributed by atoms with E-state index in [9.17, 15) is 0 Å². The molecule has 0 radical (unpaired) electrons. The van der Waals surface area contributed by atoms with Crippen LogP contribution < -0.4 is 15.8 Å². The molecule has 0 unspecified atom stereocenters. The standard InChI is InChI=1S/C14H15N3OS/c15-14(19)12-6-7-16-10-13(12)17-8-9-18-11-4-2-1-3-5-11/h1-7,10,17H,8-9H2,(H2,15,19). The summed E-state index contributed by atoms with van der Waals surface area (Å²) in [4.78, 5) is 4.40. The van der Waals surface area contributed by atoms with E-state index in [4.69, 9.17) is 22.7 Å². The summed E-state index contributed by atoms with van der Waals surface area (Å²) >= 11 is 4.98. The van der Waals surface area contributed by atoms with E-state index >= 15 is 0 Å². The molecule has 19 heavy (non-hydrogen) atoms. The number of hydrogen-bond acceptors (Lipinski definition) is 4. The number of nitrogens with one attached hydrogen (secondary N) is 1. The maximum absolute atomic E-state index is 5.64. The van der Waals surface area contributed by atoms with Gasteiger partial charge in [-0.1, -0.05) is 30.4 Å². The van der Waals surface area contributed by atoms with Crippen molar-refractivity contribution in [2.24, 2.45) is 5.73 Å². The van der Waals surface area contributed by atoms with Gasteiger partial charge in [0, 0.05) is 18.3 Å². The molecule has 2 rings (SSSR count). The third-order valence-corrected chi connectivity index (χ3v) is 2.74. The van der Waals surface area contributed by atoms with Crippen molar-refractivity contribution in [2.75, 3.05) is 18.5 Å². The highest BCUT2D eigenvalue weighted by Crippen LogP contribution is 2.13. The second-order valence-corrected chi connectivity index (χ2v) is 4.31. The average molecular weight is 273 g/mol. The van der Waals surface area contributed by atoms with Crippen LogP contribution in [0.5, 0.6) is 5.75 Å². The van der Waals surface area contributed by atoms with Gasteiger partial charge in [0.1, 0.15) is 17.3 Å². The van der Waals surface area contributed by atoms with E-state index < -0.39 is 0 Å². The van der Waals surface area contributed by atoms with Crippen molar-refractivity contribution in [3.05, 3.63) is 54.4 Å². The molecule has 2 aromatic rings. The van der Waals surface area contributed by atoms with Gasteiger partial charge in [0.05, 0.1) is 11.9 Å². The first-order valence-corrected chi connectivity index (χ1v) is 6.34. The molecule has 1 aromatic heterocycles. The Morgan fingerprint density at radius 2 is 2.05 bits per heavy atom. The summed E-state index contributed by atoms with van der Waals surface area (Å²) in [6.07, 6.45) is 3.37. The number of nitrogens with zero attached hydrogens (tertiary/aromatic N) is 1. The van der Waals surface area contributed by atoms with Crippen molar-refractivity contribution in [3.63, 3.8) is 0 Å². The molecular weight excluding hydrogens is 258 g/mol. The van der Waals surface area contributed by atoms with Gasteiger partial charge in [0.15, 0.2) is 0 Å². The molecule has 4 nitrogen and oxygen atoms in total. The predicted octanol–water partition coefficient (Wildman–Crippen LogP) is 2.21. The Morgan fingerprint density at radius 3 is 2.79 bits per heavy atom. The van der Waals surface area contributed by atoms with Crippen LogP contribution in [0.2, 0.25) is 0 Å². The Balaban J connectivity index is 1.85. The normalized spacial score (nSPS) is 9.89. The van der Waals surface area contributed by atoms with Gasteiger partial charge >= 0.3 is 0 Å². The number of anilines is 1. The van der Waals surface area contributed by atoms with Crippen LogP contribution in [-0.2, 0) is 0 Å². The second kappa shape index (κ2) is 6.70. The van der Waals surface area contributed by atoms with Gasteiger partial charge < -0.3 is 15.8 Å². The smallest absolute Gasteiger partial charge is 0.119 e. The number of ether oxygens (including phenoxy) is 1. The molecule has 0 bridgehead atoms. The van der Waals surface area contributed by atoms with Crippen molar-refractivity contribution in [3.8, 4) is 5.75 Å². The molecule has 0 saturated heterocycles. The van der Waals surface area contributed by atoms with Crippen LogP contribution >= 0.6 is 12.2 Å². The van der Waals surface area contributed by atoms with Crippen molar-refractivity contribution in [2.45, 2.75) is 0 Å². The number of hydrogen-bond donors (Lipinski definition) is 2. The molecule has 0 aliphatic rings. The van der Waals surface area contributed by atoms with Crippen LogP contribution in [0.1, 0.15) is 5.56 Å². The molecule has 1 heterocycles. The third-order valence-electron chi connectivity index (χ3n) is 2.52. The summed E-state index contributed by atoms with van der Waals surface area (Å²) in [5, 5.41) is 3.21. The molecular formula is C14H15N3OS. The first kappa shape index (κ1) is 13.3. The Kier molecular flexibility index (Phi) is 4.69. The molecule has 0 fully saturated rings. The number of thiocarbonyl (C=S) groups is 1. The summed E-state index contributed by atoms with van der Waals surface area (Å²) < 4.78 is 5.58. The van der Waals surface area contributed by atoms with Crippen LogP contribution in [0.15, 0.2) is 48.8 Å². The van der Waals surface area contributed by atoms with Crippen LogP contribution in [-0.4, -0.2) is 23.1 Å². The molecule has 98 valence electrons. The topological polar surface area (TPSA) is 60.2 Å². The summed E-state index contributed by atoms with van der Waals surface area (Å²) in [6.45, 7) is 1.20. The molecule has 0 aliphatic heterocycles. The van der Waals surface area contributed by atoms with Gasteiger partial charge in [-0.3, -0.25) is 4.98 Å². The number of para-hydroxylation sites is 1. The molecule has 0 atom stereocenters.